The van der Waals surface area contributed by atoms with Crippen LogP contribution in [0.5, 0.6) is 0 Å². The SMILES string of the molecule is Cc1ncc(CN2CCC([C@@H]3Nc4ccccc4S(=O)(=O)N3)CC2)cn1. The monoisotopic (exact) mass is 373 g/mol. The zero-order chi connectivity index (χ0) is 18.1. The highest BCUT2D eigenvalue weighted by Crippen LogP contribution is 2.30. The first kappa shape index (κ1) is 17.4. The molecule has 138 valence electrons. The van der Waals surface area contributed by atoms with E-state index in [1.54, 1.807) is 12.1 Å². The van der Waals surface area contributed by atoms with Gasteiger partial charge in [0.25, 0.3) is 0 Å². The van der Waals surface area contributed by atoms with Crippen LogP contribution in [-0.4, -0.2) is 42.5 Å². The summed E-state index contributed by atoms with van der Waals surface area (Å²) in [5.74, 6) is 1.05. The molecule has 1 atom stereocenters. The van der Waals surface area contributed by atoms with Crippen molar-refractivity contribution in [2.75, 3.05) is 18.4 Å². The molecule has 4 rings (SSSR count). The average Bonchev–Trinajstić information content (AvgIpc) is 2.64. The molecule has 0 radical (unpaired) electrons. The van der Waals surface area contributed by atoms with E-state index in [1.165, 1.54) is 0 Å². The smallest absolute Gasteiger partial charge is 0.244 e. The van der Waals surface area contributed by atoms with Crippen molar-refractivity contribution in [2.45, 2.75) is 37.4 Å². The number of para-hydroxylation sites is 1. The lowest BCUT2D eigenvalue weighted by atomic mass is 9.93. The fourth-order valence-corrected chi connectivity index (χ4v) is 5.05. The van der Waals surface area contributed by atoms with E-state index in [-0.39, 0.29) is 12.1 Å². The predicted molar refractivity (Wildman–Crippen MR) is 98.9 cm³/mol. The van der Waals surface area contributed by atoms with E-state index in [0.29, 0.717) is 10.6 Å². The lowest BCUT2D eigenvalue weighted by molar-refractivity contribution is 0.163. The number of hydrogen-bond donors (Lipinski definition) is 2. The molecule has 1 saturated heterocycles. The highest BCUT2D eigenvalue weighted by atomic mass is 32.2. The van der Waals surface area contributed by atoms with Crippen LogP contribution >= 0.6 is 0 Å². The van der Waals surface area contributed by atoms with Crippen LogP contribution in [0.1, 0.15) is 24.2 Å². The number of aromatic nitrogens is 2. The van der Waals surface area contributed by atoms with E-state index < -0.39 is 10.0 Å². The van der Waals surface area contributed by atoms with E-state index in [1.807, 2.05) is 31.5 Å². The average molecular weight is 373 g/mol. The number of sulfonamides is 1. The maximum absolute atomic E-state index is 12.5. The van der Waals surface area contributed by atoms with E-state index >= 15 is 0 Å². The Balaban J connectivity index is 1.39. The number of piperidine rings is 1. The number of nitrogens with one attached hydrogen (secondary N) is 2. The maximum Gasteiger partial charge on any atom is 0.244 e. The van der Waals surface area contributed by atoms with Gasteiger partial charge in [0.1, 0.15) is 10.7 Å². The third-order valence-electron chi connectivity index (χ3n) is 5.11. The summed E-state index contributed by atoms with van der Waals surface area (Å²) in [4.78, 5) is 11.2. The molecule has 0 unspecified atom stereocenters. The van der Waals surface area contributed by atoms with Crippen LogP contribution in [0.3, 0.4) is 0 Å². The summed E-state index contributed by atoms with van der Waals surface area (Å²) in [5.41, 5.74) is 1.80. The van der Waals surface area contributed by atoms with Crippen molar-refractivity contribution in [3.05, 3.63) is 48.0 Å². The van der Waals surface area contributed by atoms with Crippen molar-refractivity contribution >= 4 is 15.7 Å². The second-order valence-corrected chi connectivity index (χ2v) is 8.67. The van der Waals surface area contributed by atoms with Gasteiger partial charge in [-0.25, -0.2) is 18.4 Å². The number of anilines is 1. The van der Waals surface area contributed by atoms with E-state index in [2.05, 4.69) is 24.9 Å². The van der Waals surface area contributed by atoms with Crippen molar-refractivity contribution in [3.63, 3.8) is 0 Å². The summed E-state index contributed by atoms with van der Waals surface area (Å²) in [6, 6.07) is 7.06. The summed E-state index contributed by atoms with van der Waals surface area (Å²) in [6.07, 6.45) is 5.38. The van der Waals surface area contributed by atoms with Crippen molar-refractivity contribution in [1.82, 2.24) is 19.6 Å². The first-order chi connectivity index (χ1) is 12.5. The molecule has 1 aromatic carbocycles. The molecule has 2 aliphatic heterocycles. The van der Waals surface area contributed by atoms with Crippen LogP contribution < -0.4 is 10.0 Å². The normalized spacial score (nSPS) is 23.2. The number of benzene rings is 1. The fraction of sp³-hybridized carbons (Fsp3) is 0.444. The van der Waals surface area contributed by atoms with Gasteiger partial charge in [-0.3, -0.25) is 4.90 Å². The van der Waals surface area contributed by atoms with Crippen molar-refractivity contribution in [2.24, 2.45) is 5.92 Å². The Morgan fingerprint density at radius 2 is 1.85 bits per heavy atom. The summed E-state index contributed by atoms with van der Waals surface area (Å²) in [5, 5.41) is 3.36. The molecule has 0 saturated carbocycles. The number of rotatable bonds is 3. The van der Waals surface area contributed by atoms with Gasteiger partial charge >= 0.3 is 0 Å². The van der Waals surface area contributed by atoms with Gasteiger partial charge in [-0.2, -0.15) is 4.72 Å². The van der Waals surface area contributed by atoms with Crippen LogP contribution in [0, 0.1) is 12.8 Å². The van der Waals surface area contributed by atoms with Gasteiger partial charge in [0.15, 0.2) is 0 Å². The molecule has 0 spiro atoms. The Kier molecular flexibility index (Phi) is 4.64. The number of hydrogen-bond acceptors (Lipinski definition) is 6. The minimum absolute atomic E-state index is 0.250. The Hall–Kier alpha value is -2.03. The zero-order valence-electron chi connectivity index (χ0n) is 14.7. The van der Waals surface area contributed by atoms with Crippen LogP contribution in [0.2, 0.25) is 0 Å². The summed E-state index contributed by atoms with van der Waals surface area (Å²) < 4.78 is 27.8. The van der Waals surface area contributed by atoms with Gasteiger partial charge < -0.3 is 5.32 Å². The maximum atomic E-state index is 12.5. The lowest BCUT2D eigenvalue weighted by Gasteiger charge is -2.38. The van der Waals surface area contributed by atoms with E-state index in [9.17, 15) is 8.42 Å². The van der Waals surface area contributed by atoms with E-state index in [0.717, 1.165) is 43.9 Å². The van der Waals surface area contributed by atoms with Crippen LogP contribution in [-0.2, 0) is 16.6 Å². The molecule has 0 aliphatic carbocycles. The molecule has 3 heterocycles. The topological polar surface area (TPSA) is 87.2 Å². The number of fused-ring (bicyclic) bond motifs is 1. The largest absolute Gasteiger partial charge is 0.368 e. The second kappa shape index (κ2) is 6.94. The molecule has 26 heavy (non-hydrogen) atoms. The third kappa shape index (κ3) is 3.58. The van der Waals surface area contributed by atoms with Gasteiger partial charge in [-0.1, -0.05) is 12.1 Å². The minimum atomic E-state index is -3.45. The number of aryl methyl sites for hydroxylation is 1. The summed E-state index contributed by atoms with van der Waals surface area (Å²) >= 11 is 0. The zero-order valence-corrected chi connectivity index (χ0v) is 15.5. The van der Waals surface area contributed by atoms with Gasteiger partial charge in [0.05, 0.1) is 11.9 Å². The van der Waals surface area contributed by atoms with Crippen LogP contribution in [0.25, 0.3) is 0 Å². The van der Waals surface area contributed by atoms with Gasteiger partial charge in [-0.15, -0.1) is 0 Å². The second-order valence-electron chi connectivity index (χ2n) is 6.99. The van der Waals surface area contributed by atoms with E-state index in [4.69, 9.17) is 0 Å². The molecule has 2 aliphatic rings. The lowest BCUT2D eigenvalue weighted by Crippen LogP contribution is -2.51. The molecule has 2 aromatic rings. The molecule has 7 nitrogen and oxygen atoms in total. The standard InChI is InChI=1S/C18H23N5O2S/c1-13-19-10-14(11-20-13)12-23-8-6-15(7-9-23)18-21-16-4-2-3-5-17(16)26(24,25)22-18/h2-5,10-11,15,18,21-22H,6-9,12H2,1H3/t18-/m1/s1. The van der Waals surface area contributed by atoms with Crippen LogP contribution in [0.4, 0.5) is 5.69 Å². The molecule has 2 N–H and O–H groups in total. The number of nitrogens with zero attached hydrogens (tertiary/aromatic N) is 3. The van der Waals surface area contributed by atoms with Crippen molar-refractivity contribution < 1.29 is 8.42 Å². The Morgan fingerprint density at radius 3 is 2.58 bits per heavy atom. The molecular formula is C18H23N5O2S. The van der Waals surface area contributed by atoms with Gasteiger partial charge in [0, 0.05) is 24.5 Å². The first-order valence-corrected chi connectivity index (χ1v) is 10.4. The Bertz CT molecular complexity index is 877. The number of likely N-dealkylation sites (tertiary alicyclic amines) is 1. The molecule has 0 bridgehead atoms. The third-order valence-corrected chi connectivity index (χ3v) is 6.61. The highest BCUT2D eigenvalue weighted by Gasteiger charge is 2.35. The van der Waals surface area contributed by atoms with Crippen LogP contribution in [0.15, 0.2) is 41.6 Å². The van der Waals surface area contributed by atoms with Crippen molar-refractivity contribution in [3.8, 4) is 0 Å². The fourth-order valence-electron chi connectivity index (χ4n) is 3.67. The molecule has 8 heteroatoms. The molecule has 1 aromatic heterocycles. The first-order valence-electron chi connectivity index (χ1n) is 8.89. The summed E-state index contributed by atoms with van der Waals surface area (Å²) in [6.45, 7) is 4.57. The Labute approximate surface area is 153 Å². The molecule has 0 amide bonds. The molecule has 1 fully saturated rings. The summed E-state index contributed by atoms with van der Waals surface area (Å²) in [7, 11) is -3.45. The Morgan fingerprint density at radius 1 is 1.15 bits per heavy atom. The van der Waals surface area contributed by atoms with Crippen molar-refractivity contribution in [1.29, 1.82) is 0 Å². The molecular weight excluding hydrogens is 350 g/mol. The minimum Gasteiger partial charge on any atom is -0.368 e. The quantitative estimate of drug-likeness (QED) is 0.852. The van der Waals surface area contributed by atoms with Gasteiger partial charge in [-0.05, 0) is 50.9 Å². The predicted octanol–water partition coefficient (Wildman–Crippen LogP) is 1.73. The highest BCUT2D eigenvalue weighted by molar-refractivity contribution is 7.89. The van der Waals surface area contributed by atoms with Gasteiger partial charge in [0.2, 0.25) is 10.0 Å².